The van der Waals surface area contributed by atoms with Crippen LogP contribution in [0.3, 0.4) is 0 Å². The number of carboxylic acids is 1. The Kier molecular flexibility index (Phi) is 10.4. The number of nitrogens with one attached hydrogen (secondary N) is 1. The van der Waals surface area contributed by atoms with Crippen molar-refractivity contribution in [3.8, 4) is 5.75 Å². The number of benzene rings is 1. The average Bonchev–Trinajstić information content (AvgIpc) is 3.13. The number of alkyl halides is 3. The van der Waals surface area contributed by atoms with E-state index < -0.39 is 12.1 Å². The lowest BCUT2D eigenvalue weighted by molar-refractivity contribution is -0.192. The Labute approximate surface area is 196 Å². The number of hydrogen-bond donors (Lipinski definition) is 2. The molecule has 1 aliphatic rings. The van der Waals surface area contributed by atoms with Gasteiger partial charge in [-0.3, -0.25) is 9.69 Å². The van der Waals surface area contributed by atoms with Crippen molar-refractivity contribution >= 4 is 11.9 Å². The molecule has 1 aliphatic heterocycles. The van der Waals surface area contributed by atoms with Crippen molar-refractivity contribution in [1.29, 1.82) is 0 Å². The van der Waals surface area contributed by atoms with Crippen molar-refractivity contribution in [2.45, 2.75) is 32.2 Å². The molecule has 0 spiro atoms. The van der Waals surface area contributed by atoms with E-state index in [-0.39, 0.29) is 11.8 Å². The molecule has 0 saturated heterocycles. The largest absolute Gasteiger partial charge is 0.497 e. The van der Waals surface area contributed by atoms with E-state index >= 15 is 0 Å². The highest BCUT2D eigenvalue weighted by atomic mass is 19.4. The number of aliphatic carboxylic acids is 1. The summed E-state index contributed by atoms with van der Waals surface area (Å²) >= 11 is 0. The molecule has 2 heterocycles. The SMILES string of the molecule is COCCNC(=O)CC1CN(Cc2cccc(OC)c2)Cc2cccn2C1.O=C(O)C(F)(F)F. The molecule has 0 fully saturated rings. The molecule has 2 N–H and O–H groups in total. The van der Waals surface area contributed by atoms with Crippen LogP contribution in [0.1, 0.15) is 17.7 Å². The number of rotatable bonds is 8. The summed E-state index contributed by atoms with van der Waals surface area (Å²) in [4.78, 5) is 23.6. The second kappa shape index (κ2) is 13.0. The van der Waals surface area contributed by atoms with Crippen molar-refractivity contribution in [1.82, 2.24) is 14.8 Å². The van der Waals surface area contributed by atoms with Crippen LogP contribution < -0.4 is 10.1 Å². The zero-order chi connectivity index (χ0) is 25.1. The molecule has 1 aromatic carbocycles. The fraction of sp³-hybridized carbons (Fsp3) is 0.478. The van der Waals surface area contributed by atoms with Gasteiger partial charge >= 0.3 is 12.1 Å². The number of halogens is 3. The molecular formula is C23H30F3N3O5. The van der Waals surface area contributed by atoms with Crippen LogP contribution in [0.4, 0.5) is 13.2 Å². The van der Waals surface area contributed by atoms with Gasteiger partial charge in [0.1, 0.15) is 5.75 Å². The van der Waals surface area contributed by atoms with Gasteiger partial charge < -0.3 is 24.5 Å². The van der Waals surface area contributed by atoms with Crippen molar-refractivity contribution in [3.05, 3.63) is 53.9 Å². The quantitative estimate of drug-likeness (QED) is 0.559. The van der Waals surface area contributed by atoms with Gasteiger partial charge in [0, 0.05) is 58.1 Å². The second-order valence-electron chi connectivity index (χ2n) is 7.89. The van der Waals surface area contributed by atoms with E-state index in [1.54, 1.807) is 14.2 Å². The van der Waals surface area contributed by atoms with Crippen LogP contribution in [0.2, 0.25) is 0 Å². The van der Waals surface area contributed by atoms with Crippen molar-refractivity contribution in [2.24, 2.45) is 5.92 Å². The van der Waals surface area contributed by atoms with Crippen molar-refractivity contribution in [3.63, 3.8) is 0 Å². The van der Waals surface area contributed by atoms with Crippen molar-refractivity contribution in [2.75, 3.05) is 33.9 Å². The highest BCUT2D eigenvalue weighted by Gasteiger charge is 2.38. The molecule has 2 aromatic rings. The lowest BCUT2D eigenvalue weighted by atomic mass is 10.0. The molecule has 1 aromatic heterocycles. The molecular weight excluding hydrogens is 455 g/mol. The summed E-state index contributed by atoms with van der Waals surface area (Å²) in [5.41, 5.74) is 2.51. The Morgan fingerprint density at radius 3 is 2.56 bits per heavy atom. The van der Waals surface area contributed by atoms with Gasteiger partial charge in [-0.15, -0.1) is 0 Å². The number of carbonyl (C=O) groups is 2. The zero-order valence-electron chi connectivity index (χ0n) is 19.2. The minimum absolute atomic E-state index is 0.0917. The maximum atomic E-state index is 12.3. The third-order valence-electron chi connectivity index (χ3n) is 5.17. The van der Waals surface area contributed by atoms with Crippen LogP contribution in [-0.2, 0) is 34.0 Å². The Morgan fingerprint density at radius 1 is 1.18 bits per heavy atom. The molecule has 3 rings (SSSR count). The average molecular weight is 486 g/mol. The molecule has 0 bridgehead atoms. The van der Waals surface area contributed by atoms with E-state index in [1.807, 2.05) is 12.1 Å². The molecule has 0 aliphatic carbocycles. The van der Waals surface area contributed by atoms with Gasteiger partial charge in [-0.05, 0) is 35.7 Å². The highest BCUT2D eigenvalue weighted by Crippen LogP contribution is 2.22. The summed E-state index contributed by atoms with van der Waals surface area (Å²) in [5.74, 6) is -1.52. The zero-order valence-corrected chi connectivity index (χ0v) is 19.2. The van der Waals surface area contributed by atoms with Gasteiger partial charge in [0.05, 0.1) is 13.7 Å². The van der Waals surface area contributed by atoms with E-state index in [0.29, 0.717) is 19.6 Å². The first-order valence-corrected chi connectivity index (χ1v) is 10.7. The summed E-state index contributed by atoms with van der Waals surface area (Å²) in [6, 6.07) is 12.4. The van der Waals surface area contributed by atoms with Crippen LogP contribution in [-0.4, -0.2) is 66.5 Å². The maximum Gasteiger partial charge on any atom is 0.490 e. The minimum atomic E-state index is -5.08. The highest BCUT2D eigenvalue weighted by molar-refractivity contribution is 5.76. The summed E-state index contributed by atoms with van der Waals surface area (Å²) in [6.07, 6.45) is -2.45. The van der Waals surface area contributed by atoms with E-state index in [0.717, 1.165) is 31.9 Å². The summed E-state index contributed by atoms with van der Waals surface area (Å²) in [7, 11) is 3.33. The summed E-state index contributed by atoms with van der Waals surface area (Å²) in [5, 5.41) is 10.1. The molecule has 11 heteroatoms. The molecule has 1 atom stereocenters. The molecule has 8 nitrogen and oxygen atoms in total. The number of hydrogen-bond acceptors (Lipinski definition) is 5. The van der Waals surface area contributed by atoms with E-state index in [9.17, 15) is 18.0 Å². The molecule has 0 radical (unpaired) electrons. The first-order valence-electron chi connectivity index (χ1n) is 10.7. The number of carbonyl (C=O) groups excluding carboxylic acids is 1. The molecule has 1 unspecified atom stereocenters. The number of nitrogens with zero attached hydrogens (tertiary/aromatic N) is 2. The Morgan fingerprint density at radius 2 is 1.91 bits per heavy atom. The van der Waals surface area contributed by atoms with Crippen molar-refractivity contribution < 1.29 is 37.3 Å². The van der Waals surface area contributed by atoms with Crippen LogP contribution in [0, 0.1) is 5.92 Å². The van der Waals surface area contributed by atoms with Gasteiger partial charge in [0.25, 0.3) is 0 Å². The van der Waals surface area contributed by atoms with Gasteiger partial charge in [-0.25, -0.2) is 4.79 Å². The lowest BCUT2D eigenvalue weighted by Gasteiger charge is -2.24. The standard InChI is InChI=1S/C21H29N3O3.C2HF3O2/c1-26-10-8-22-21(25)12-18-14-23(16-19-6-4-9-24(19)15-18)13-17-5-3-7-20(11-17)27-2;3-2(4,5)1(6)7/h3-7,9,11,18H,8,10,12-16H2,1-2H3,(H,22,25);(H,6,7). The van der Waals surface area contributed by atoms with E-state index in [4.69, 9.17) is 19.4 Å². The Bertz CT molecular complexity index is 933. The first kappa shape index (κ1) is 27.2. The van der Waals surface area contributed by atoms with Crippen LogP contribution in [0.15, 0.2) is 42.6 Å². The van der Waals surface area contributed by atoms with Gasteiger partial charge in [0.15, 0.2) is 0 Å². The predicted octanol–water partition coefficient (Wildman–Crippen LogP) is 2.91. The lowest BCUT2D eigenvalue weighted by Crippen LogP contribution is -2.33. The summed E-state index contributed by atoms with van der Waals surface area (Å²) in [6.45, 7) is 4.58. The molecule has 34 heavy (non-hydrogen) atoms. The third-order valence-corrected chi connectivity index (χ3v) is 5.17. The van der Waals surface area contributed by atoms with Gasteiger partial charge in [0.2, 0.25) is 5.91 Å². The fourth-order valence-corrected chi connectivity index (χ4v) is 3.67. The number of fused-ring (bicyclic) bond motifs is 1. The number of aromatic nitrogens is 1. The predicted molar refractivity (Wildman–Crippen MR) is 118 cm³/mol. The fourth-order valence-electron chi connectivity index (χ4n) is 3.67. The van der Waals surface area contributed by atoms with Gasteiger partial charge in [-0.1, -0.05) is 12.1 Å². The number of ether oxygens (including phenoxy) is 2. The normalized spacial score (nSPS) is 16.0. The summed E-state index contributed by atoms with van der Waals surface area (Å²) < 4.78 is 44.4. The number of amides is 1. The Hall–Kier alpha value is -3.05. The maximum absolute atomic E-state index is 12.3. The first-order chi connectivity index (χ1) is 16.1. The second-order valence-corrected chi connectivity index (χ2v) is 7.89. The monoisotopic (exact) mass is 485 g/mol. The van der Waals surface area contributed by atoms with Crippen LogP contribution in [0.5, 0.6) is 5.75 Å². The number of carboxylic acid groups (broad SMARTS) is 1. The van der Waals surface area contributed by atoms with Gasteiger partial charge in [-0.2, -0.15) is 13.2 Å². The number of methoxy groups -OCH3 is 2. The van der Waals surface area contributed by atoms with E-state index in [1.165, 1.54) is 11.3 Å². The topological polar surface area (TPSA) is 93.0 Å². The van der Waals surface area contributed by atoms with Crippen LogP contribution in [0.25, 0.3) is 0 Å². The van der Waals surface area contributed by atoms with E-state index in [2.05, 4.69) is 45.2 Å². The molecule has 188 valence electrons. The smallest absolute Gasteiger partial charge is 0.490 e. The van der Waals surface area contributed by atoms with Crippen LogP contribution >= 0.6 is 0 Å². The molecule has 0 saturated carbocycles. The minimum Gasteiger partial charge on any atom is -0.497 e. The third kappa shape index (κ3) is 9.06. The molecule has 1 amide bonds. The Balaban J connectivity index is 0.000000509.